The molecule has 1 aromatic carbocycles. The van der Waals surface area contributed by atoms with Crippen LogP contribution in [0.25, 0.3) is 0 Å². The van der Waals surface area contributed by atoms with Crippen molar-refractivity contribution in [1.29, 1.82) is 0 Å². The van der Waals surface area contributed by atoms with Crippen molar-refractivity contribution >= 4 is 9.84 Å². The molecule has 0 bridgehead atoms. The van der Waals surface area contributed by atoms with Crippen molar-refractivity contribution in [1.82, 2.24) is 5.32 Å². The van der Waals surface area contributed by atoms with E-state index in [2.05, 4.69) is 5.32 Å². The fourth-order valence-corrected chi connectivity index (χ4v) is 2.35. The van der Waals surface area contributed by atoms with Gasteiger partial charge in [0.1, 0.15) is 12.4 Å². The van der Waals surface area contributed by atoms with Crippen LogP contribution in [0.4, 0.5) is 0 Å². The molecule has 0 aromatic heterocycles. The van der Waals surface area contributed by atoms with Crippen LogP contribution in [0.1, 0.15) is 25.3 Å². The Morgan fingerprint density at radius 3 is 2.84 bits per heavy atom. The third kappa shape index (κ3) is 5.20. The lowest BCUT2D eigenvalue weighted by Gasteiger charge is -2.08. The highest BCUT2D eigenvalue weighted by Gasteiger charge is 2.19. The Hall–Kier alpha value is -1.07. The van der Waals surface area contributed by atoms with E-state index >= 15 is 0 Å². The Morgan fingerprint density at radius 1 is 1.37 bits per heavy atom. The number of hydrogen-bond acceptors (Lipinski definition) is 4. The van der Waals surface area contributed by atoms with Gasteiger partial charge in [0.15, 0.2) is 9.84 Å². The fourth-order valence-electron chi connectivity index (χ4n) is 1.73. The Bertz CT molecular complexity index is 509. The first-order valence-electron chi connectivity index (χ1n) is 6.74. The molecule has 5 heteroatoms. The zero-order chi connectivity index (χ0) is 13.7. The summed E-state index contributed by atoms with van der Waals surface area (Å²) < 4.78 is 28.2. The van der Waals surface area contributed by atoms with Crippen molar-refractivity contribution in [2.24, 2.45) is 0 Å². The van der Waals surface area contributed by atoms with Gasteiger partial charge in [0.25, 0.3) is 0 Å². The van der Waals surface area contributed by atoms with E-state index in [1.54, 1.807) is 6.92 Å². The van der Waals surface area contributed by atoms with Gasteiger partial charge in [-0.15, -0.1) is 0 Å². The lowest BCUT2D eigenvalue weighted by Crippen LogP contribution is -2.16. The maximum absolute atomic E-state index is 11.4. The summed E-state index contributed by atoms with van der Waals surface area (Å²) in [7, 11) is -2.95. The summed E-state index contributed by atoms with van der Waals surface area (Å²) in [5, 5.41) is 3.44. The Balaban J connectivity index is 1.80. The van der Waals surface area contributed by atoms with Gasteiger partial charge in [-0.2, -0.15) is 0 Å². The standard InChI is InChI=1S/C14H21NO3S/c1-2-19(16,17)9-8-18-14-5-3-4-12(10-14)11-15-13-6-7-13/h3-5,10,13,15H,2,6-9,11H2,1H3. The molecule has 0 heterocycles. The smallest absolute Gasteiger partial charge is 0.153 e. The van der Waals surface area contributed by atoms with Crippen molar-refractivity contribution in [3.8, 4) is 5.75 Å². The summed E-state index contributed by atoms with van der Waals surface area (Å²) in [5.41, 5.74) is 1.17. The third-order valence-corrected chi connectivity index (χ3v) is 4.84. The quantitative estimate of drug-likeness (QED) is 0.790. The SMILES string of the molecule is CCS(=O)(=O)CCOc1cccc(CNC2CC2)c1. The van der Waals surface area contributed by atoms with E-state index in [0.717, 1.165) is 12.3 Å². The largest absolute Gasteiger partial charge is 0.493 e. The van der Waals surface area contributed by atoms with Gasteiger partial charge >= 0.3 is 0 Å². The van der Waals surface area contributed by atoms with Crippen LogP contribution in [0, 0.1) is 0 Å². The van der Waals surface area contributed by atoms with Crippen molar-refractivity contribution in [3.63, 3.8) is 0 Å². The second-order valence-corrected chi connectivity index (χ2v) is 7.36. The van der Waals surface area contributed by atoms with Gasteiger partial charge in [-0.05, 0) is 30.5 Å². The molecule has 0 unspecified atom stereocenters. The Morgan fingerprint density at radius 2 is 2.16 bits per heavy atom. The van der Waals surface area contributed by atoms with E-state index in [1.165, 1.54) is 18.4 Å². The van der Waals surface area contributed by atoms with E-state index in [1.807, 2.05) is 24.3 Å². The fraction of sp³-hybridized carbons (Fsp3) is 0.571. The molecule has 1 fully saturated rings. The minimum atomic E-state index is -2.95. The molecule has 0 aliphatic heterocycles. The van der Waals surface area contributed by atoms with E-state index < -0.39 is 9.84 Å². The maximum Gasteiger partial charge on any atom is 0.153 e. The van der Waals surface area contributed by atoms with Crippen molar-refractivity contribution < 1.29 is 13.2 Å². The molecule has 2 rings (SSSR count). The first-order valence-corrected chi connectivity index (χ1v) is 8.57. The highest BCUT2D eigenvalue weighted by molar-refractivity contribution is 7.91. The van der Waals surface area contributed by atoms with Crippen LogP contribution in [0.5, 0.6) is 5.75 Å². The van der Waals surface area contributed by atoms with Crippen molar-refractivity contribution in [3.05, 3.63) is 29.8 Å². The minimum absolute atomic E-state index is 0.0774. The van der Waals surface area contributed by atoms with Gasteiger partial charge in [0.05, 0.1) is 5.75 Å². The van der Waals surface area contributed by atoms with Crippen LogP contribution in [-0.4, -0.2) is 32.6 Å². The lowest BCUT2D eigenvalue weighted by molar-refractivity contribution is 0.340. The monoisotopic (exact) mass is 283 g/mol. The second-order valence-electron chi connectivity index (χ2n) is 4.89. The molecule has 1 aromatic rings. The number of hydrogen-bond donors (Lipinski definition) is 1. The summed E-state index contributed by atoms with van der Waals surface area (Å²) in [6, 6.07) is 8.49. The van der Waals surface area contributed by atoms with Crippen LogP contribution in [0.2, 0.25) is 0 Å². The molecular formula is C14H21NO3S. The molecule has 19 heavy (non-hydrogen) atoms. The average molecular weight is 283 g/mol. The van der Waals surface area contributed by atoms with Gasteiger partial charge in [-0.3, -0.25) is 0 Å². The summed E-state index contributed by atoms with van der Waals surface area (Å²) in [6.45, 7) is 2.71. The topological polar surface area (TPSA) is 55.4 Å². The molecule has 0 saturated heterocycles. The summed E-state index contributed by atoms with van der Waals surface area (Å²) >= 11 is 0. The molecule has 106 valence electrons. The minimum Gasteiger partial charge on any atom is -0.493 e. The zero-order valence-corrected chi connectivity index (χ0v) is 12.1. The Labute approximate surface area is 115 Å². The van der Waals surface area contributed by atoms with Gasteiger partial charge in [-0.25, -0.2) is 8.42 Å². The predicted molar refractivity (Wildman–Crippen MR) is 76.1 cm³/mol. The van der Waals surface area contributed by atoms with Crippen molar-refractivity contribution in [2.45, 2.75) is 32.4 Å². The highest BCUT2D eigenvalue weighted by atomic mass is 32.2. The number of ether oxygens (including phenoxy) is 1. The van der Waals surface area contributed by atoms with Crippen molar-refractivity contribution in [2.75, 3.05) is 18.1 Å². The average Bonchev–Trinajstić information content (AvgIpc) is 3.21. The molecule has 1 aliphatic rings. The molecule has 1 N–H and O–H groups in total. The first kappa shape index (κ1) is 14.3. The molecule has 4 nitrogen and oxygen atoms in total. The van der Waals surface area contributed by atoms with E-state index in [0.29, 0.717) is 6.04 Å². The van der Waals surface area contributed by atoms with E-state index in [9.17, 15) is 8.42 Å². The van der Waals surface area contributed by atoms with Crippen LogP contribution in [0.15, 0.2) is 24.3 Å². The summed E-state index contributed by atoms with van der Waals surface area (Å²) in [6.07, 6.45) is 2.54. The highest BCUT2D eigenvalue weighted by Crippen LogP contribution is 2.20. The second kappa shape index (κ2) is 6.39. The molecule has 0 atom stereocenters. The van der Waals surface area contributed by atoms with Gasteiger partial charge in [-0.1, -0.05) is 19.1 Å². The maximum atomic E-state index is 11.4. The van der Waals surface area contributed by atoms with E-state index in [4.69, 9.17) is 4.74 Å². The van der Waals surface area contributed by atoms with Crippen LogP contribution in [0.3, 0.4) is 0 Å². The van der Waals surface area contributed by atoms with Crippen LogP contribution < -0.4 is 10.1 Å². The van der Waals surface area contributed by atoms with Gasteiger partial charge in [0, 0.05) is 18.3 Å². The lowest BCUT2D eigenvalue weighted by atomic mass is 10.2. The normalized spacial score (nSPS) is 15.4. The molecule has 0 spiro atoms. The number of benzene rings is 1. The molecular weight excluding hydrogens is 262 g/mol. The first-order chi connectivity index (χ1) is 9.09. The molecule has 0 radical (unpaired) electrons. The number of rotatable bonds is 8. The molecule has 1 aliphatic carbocycles. The Kier molecular flexibility index (Phi) is 4.82. The van der Waals surface area contributed by atoms with E-state index in [-0.39, 0.29) is 18.1 Å². The van der Waals surface area contributed by atoms with Crippen LogP contribution in [-0.2, 0) is 16.4 Å². The third-order valence-electron chi connectivity index (χ3n) is 3.17. The predicted octanol–water partition coefficient (Wildman–Crippen LogP) is 1.75. The summed E-state index contributed by atoms with van der Waals surface area (Å²) in [4.78, 5) is 0. The van der Waals surface area contributed by atoms with Gasteiger partial charge in [0.2, 0.25) is 0 Å². The summed E-state index contributed by atoms with van der Waals surface area (Å²) in [5.74, 6) is 0.983. The van der Waals surface area contributed by atoms with Crippen LogP contribution >= 0.6 is 0 Å². The number of sulfone groups is 1. The molecule has 0 amide bonds. The molecule has 1 saturated carbocycles. The zero-order valence-electron chi connectivity index (χ0n) is 11.3. The van der Waals surface area contributed by atoms with Gasteiger partial charge < -0.3 is 10.1 Å². The number of nitrogens with one attached hydrogen (secondary N) is 1.